The molecule has 1 fully saturated rings. The third-order valence-electron chi connectivity index (χ3n) is 5.88. The molecule has 33 heavy (non-hydrogen) atoms. The summed E-state index contributed by atoms with van der Waals surface area (Å²) in [6.07, 6.45) is 3.14. The van der Waals surface area contributed by atoms with Gasteiger partial charge in [-0.15, -0.1) is 11.3 Å². The highest BCUT2D eigenvalue weighted by Gasteiger charge is 2.33. The normalized spacial score (nSPS) is 15.5. The second-order valence-corrected chi connectivity index (χ2v) is 11.1. The minimum Gasteiger partial charge on any atom is -0.493 e. The van der Waals surface area contributed by atoms with Crippen LogP contribution in [0.2, 0.25) is 0 Å². The SMILES string of the molecule is COc1cc(Nc2ncnc3sc(C)c(S(=O)(=O)N4CCC(C)CC4)c23)cc(OC)c1OC. The number of hydrogen-bond acceptors (Lipinski definition) is 9. The quantitative estimate of drug-likeness (QED) is 0.524. The van der Waals surface area contributed by atoms with Gasteiger partial charge >= 0.3 is 0 Å². The molecule has 1 aliphatic rings. The number of aromatic nitrogens is 2. The number of piperidine rings is 1. The first-order valence-electron chi connectivity index (χ1n) is 10.6. The number of fused-ring (bicyclic) bond motifs is 1. The molecule has 0 unspecified atom stereocenters. The number of rotatable bonds is 7. The Morgan fingerprint density at radius 1 is 1.06 bits per heavy atom. The molecule has 1 N–H and O–H groups in total. The summed E-state index contributed by atoms with van der Waals surface area (Å²) in [4.78, 5) is 10.3. The fourth-order valence-corrected chi connectivity index (χ4v) is 7.22. The lowest BCUT2D eigenvalue weighted by Crippen LogP contribution is -2.38. The van der Waals surface area contributed by atoms with Crippen molar-refractivity contribution in [1.29, 1.82) is 0 Å². The average Bonchev–Trinajstić information content (AvgIpc) is 3.16. The van der Waals surface area contributed by atoms with Gasteiger partial charge in [0.2, 0.25) is 15.8 Å². The number of ether oxygens (including phenoxy) is 3. The van der Waals surface area contributed by atoms with Gasteiger partial charge in [-0.1, -0.05) is 6.92 Å². The van der Waals surface area contributed by atoms with Gasteiger partial charge in [0, 0.05) is 35.8 Å². The number of thiophene rings is 1. The van der Waals surface area contributed by atoms with Crippen molar-refractivity contribution >= 4 is 43.1 Å². The summed E-state index contributed by atoms with van der Waals surface area (Å²) >= 11 is 1.35. The number of nitrogens with zero attached hydrogens (tertiary/aromatic N) is 3. The topological polar surface area (TPSA) is 103 Å². The molecule has 0 saturated carbocycles. The minimum absolute atomic E-state index is 0.271. The molecule has 1 aromatic carbocycles. The first-order valence-corrected chi connectivity index (χ1v) is 12.9. The Kier molecular flexibility index (Phi) is 6.64. The van der Waals surface area contributed by atoms with Crippen molar-refractivity contribution in [1.82, 2.24) is 14.3 Å². The fourth-order valence-electron chi connectivity index (χ4n) is 4.07. The molecule has 0 aliphatic carbocycles. The molecule has 0 atom stereocenters. The number of anilines is 2. The molecule has 3 aromatic rings. The molecule has 9 nitrogen and oxygen atoms in total. The second-order valence-electron chi connectivity index (χ2n) is 8.02. The summed E-state index contributed by atoms with van der Waals surface area (Å²) < 4.78 is 45.2. The van der Waals surface area contributed by atoms with Gasteiger partial charge < -0.3 is 19.5 Å². The van der Waals surface area contributed by atoms with Crippen molar-refractivity contribution in [2.75, 3.05) is 39.7 Å². The molecule has 0 amide bonds. The Balaban J connectivity index is 1.81. The van der Waals surface area contributed by atoms with Crippen LogP contribution < -0.4 is 19.5 Å². The zero-order valence-electron chi connectivity index (χ0n) is 19.3. The van der Waals surface area contributed by atoms with E-state index in [2.05, 4.69) is 22.2 Å². The van der Waals surface area contributed by atoms with E-state index >= 15 is 0 Å². The molecule has 3 heterocycles. The third-order valence-corrected chi connectivity index (χ3v) is 9.09. The van der Waals surface area contributed by atoms with Crippen LogP contribution in [0.25, 0.3) is 10.2 Å². The smallest absolute Gasteiger partial charge is 0.244 e. The van der Waals surface area contributed by atoms with Crippen molar-refractivity contribution in [3.63, 3.8) is 0 Å². The molecule has 1 aliphatic heterocycles. The van der Waals surface area contributed by atoms with Crippen molar-refractivity contribution in [3.8, 4) is 17.2 Å². The molecular formula is C22H28N4O5S2. The number of methoxy groups -OCH3 is 3. The van der Waals surface area contributed by atoms with E-state index in [0.29, 0.717) is 62.9 Å². The summed E-state index contributed by atoms with van der Waals surface area (Å²) in [5.74, 6) is 2.34. The third kappa shape index (κ3) is 4.32. The summed E-state index contributed by atoms with van der Waals surface area (Å²) in [7, 11) is 0.916. The fraction of sp³-hybridized carbons (Fsp3) is 0.455. The Morgan fingerprint density at radius 3 is 2.27 bits per heavy atom. The molecule has 1 saturated heterocycles. The maximum absolute atomic E-state index is 13.7. The van der Waals surface area contributed by atoms with Crippen molar-refractivity contribution in [3.05, 3.63) is 23.3 Å². The van der Waals surface area contributed by atoms with Gasteiger partial charge in [-0.25, -0.2) is 18.4 Å². The lowest BCUT2D eigenvalue weighted by molar-refractivity contribution is 0.288. The summed E-state index contributed by atoms with van der Waals surface area (Å²) in [5.41, 5.74) is 0.614. The number of benzene rings is 1. The van der Waals surface area contributed by atoms with Crippen LogP contribution in [0.5, 0.6) is 17.2 Å². The van der Waals surface area contributed by atoms with Gasteiger partial charge in [0.1, 0.15) is 21.9 Å². The van der Waals surface area contributed by atoms with Gasteiger partial charge in [0.25, 0.3) is 0 Å². The highest BCUT2D eigenvalue weighted by atomic mass is 32.2. The maximum atomic E-state index is 13.7. The Labute approximate surface area is 197 Å². The zero-order valence-corrected chi connectivity index (χ0v) is 21.0. The van der Waals surface area contributed by atoms with Crippen molar-refractivity contribution < 1.29 is 22.6 Å². The highest BCUT2D eigenvalue weighted by Crippen LogP contribution is 2.43. The largest absolute Gasteiger partial charge is 0.493 e. The van der Waals surface area contributed by atoms with Crippen LogP contribution in [-0.2, 0) is 10.0 Å². The van der Waals surface area contributed by atoms with Gasteiger partial charge in [-0.05, 0) is 25.7 Å². The van der Waals surface area contributed by atoms with Crippen LogP contribution in [0.1, 0.15) is 24.6 Å². The Morgan fingerprint density at radius 2 is 1.70 bits per heavy atom. The molecule has 178 valence electrons. The van der Waals surface area contributed by atoms with Gasteiger partial charge in [0.15, 0.2) is 11.5 Å². The first-order chi connectivity index (χ1) is 15.8. The lowest BCUT2D eigenvalue weighted by Gasteiger charge is -2.29. The summed E-state index contributed by atoms with van der Waals surface area (Å²) in [6.45, 7) is 5.00. The molecule has 0 radical (unpaired) electrons. The molecule has 0 spiro atoms. The van der Waals surface area contributed by atoms with Gasteiger partial charge in [-0.2, -0.15) is 4.31 Å². The van der Waals surface area contributed by atoms with Gasteiger partial charge in [0.05, 0.1) is 26.7 Å². The van der Waals surface area contributed by atoms with E-state index in [1.165, 1.54) is 39.0 Å². The lowest BCUT2D eigenvalue weighted by atomic mass is 10.0. The standard InChI is InChI=1S/C22H28N4O5S2/c1-13-6-8-26(9-7-13)33(27,28)20-14(2)32-22-18(20)21(23-12-24-22)25-15-10-16(29-3)19(31-5)17(11-15)30-4/h10-13H,6-9H2,1-5H3,(H,23,24,25). The molecular weight excluding hydrogens is 464 g/mol. The van der Waals surface area contributed by atoms with E-state index in [4.69, 9.17) is 14.2 Å². The highest BCUT2D eigenvalue weighted by molar-refractivity contribution is 7.89. The first kappa shape index (κ1) is 23.5. The van der Waals surface area contributed by atoms with Gasteiger partial charge in [-0.3, -0.25) is 0 Å². The molecule has 4 rings (SSSR count). The van der Waals surface area contributed by atoms with E-state index in [1.807, 2.05) is 6.92 Å². The Bertz CT molecular complexity index is 1240. The van der Waals surface area contributed by atoms with E-state index in [9.17, 15) is 8.42 Å². The molecule has 2 aromatic heterocycles. The van der Waals surface area contributed by atoms with Crippen LogP contribution in [0.4, 0.5) is 11.5 Å². The van der Waals surface area contributed by atoms with Crippen molar-refractivity contribution in [2.24, 2.45) is 5.92 Å². The minimum atomic E-state index is -3.70. The summed E-state index contributed by atoms with van der Waals surface area (Å²) in [5, 5.41) is 3.73. The zero-order chi connectivity index (χ0) is 23.8. The van der Waals surface area contributed by atoms with E-state index in [1.54, 1.807) is 16.4 Å². The number of aryl methyl sites for hydroxylation is 1. The maximum Gasteiger partial charge on any atom is 0.244 e. The molecule has 0 bridgehead atoms. The van der Waals surface area contributed by atoms with E-state index < -0.39 is 10.0 Å². The van der Waals surface area contributed by atoms with Crippen LogP contribution in [-0.4, -0.2) is 57.1 Å². The monoisotopic (exact) mass is 492 g/mol. The number of hydrogen-bond donors (Lipinski definition) is 1. The molecule has 11 heteroatoms. The van der Waals surface area contributed by atoms with Crippen LogP contribution in [0.15, 0.2) is 23.4 Å². The predicted molar refractivity (Wildman–Crippen MR) is 129 cm³/mol. The van der Waals surface area contributed by atoms with Crippen molar-refractivity contribution in [2.45, 2.75) is 31.6 Å². The summed E-state index contributed by atoms with van der Waals surface area (Å²) in [6, 6.07) is 3.49. The van der Waals surface area contributed by atoms with Crippen LogP contribution >= 0.6 is 11.3 Å². The Hall–Kier alpha value is -2.63. The van der Waals surface area contributed by atoms with Crippen LogP contribution in [0, 0.1) is 12.8 Å². The van der Waals surface area contributed by atoms with E-state index in [0.717, 1.165) is 12.8 Å². The second kappa shape index (κ2) is 9.32. The van der Waals surface area contributed by atoms with E-state index in [-0.39, 0.29) is 4.90 Å². The van der Waals surface area contributed by atoms with Crippen LogP contribution in [0.3, 0.4) is 0 Å². The predicted octanol–water partition coefficient (Wildman–Crippen LogP) is 4.19. The average molecular weight is 493 g/mol. The number of sulfonamides is 1. The number of nitrogens with one attached hydrogen (secondary N) is 1.